The predicted octanol–water partition coefficient (Wildman–Crippen LogP) is 3.74. The highest BCUT2D eigenvalue weighted by Crippen LogP contribution is 2.22. The molecule has 0 radical (unpaired) electrons. The minimum Gasteiger partial charge on any atom is -0.497 e. The van der Waals surface area contributed by atoms with Gasteiger partial charge in [0.15, 0.2) is 0 Å². The monoisotopic (exact) mass is 418 g/mol. The zero-order chi connectivity index (χ0) is 21.6. The standard InChI is InChI=1S/C22H30N2O4S/c1-16-8-13-21(17(2)15-16)18(3)23-22(25)7-6-14-24(29(5,26)27)19-9-11-20(28-4)12-10-19/h8-13,15,18H,6-7,14H2,1-5H3,(H,23,25)/t18-/m1/s1. The Morgan fingerprint density at radius 3 is 2.34 bits per heavy atom. The van der Waals surface area contributed by atoms with E-state index in [0.29, 0.717) is 17.9 Å². The van der Waals surface area contributed by atoms with E-state index in [2.05, 4.69) is 11.4 Å². The molecule has 0 unspecified atom stereocenters. The summed E-state index contributed by atoms with van der Waals surface area (Å²) in [5.74, 6) is 0.558. The van der Waals surface area contributed by atoms with Crippen LogP contribution in [0.25, 0.3) is 0 Å². The van der Waals surface area contributed by atoms with Crippen LogP contribution < -0.4 is 14.4 Å². The first-order valence-corrected chi connectivity index (χ1v) is 11.4. The molecule has 0 spiro atoms. The summed E-state index contributed by atoms with van der Waals surface area (Å²) in [5, 5.41) is 3.00. The van der Waals surface area contributed by atoms with E-state index in [1.807, 2.05) is 32.9 Å². The quantitative estimate of drug-likeness (QED) is 0.673. The Balaban J connectivity index is 1.95. The summed E-state index contributed by atoms with van der Waals surface area (Å²) in [6.07, 6.45) is 1.83. The topological polar surface area (TPSA) is 75.7 Å². The zero-order valence-electron chi connectivity index (χ0n) is 17.7. The van der Waals surface area contributed by atoms with E-state index in [1.54, 1.807) is 31.4 Å². The Kier molecular flexibility index (Phi) is 7.67. The van der Waals surface area contributed by atoms with Crippen molar-refractivity contribution < 1.29 is 17.9 Å². The smallest absolute Gasteiger partial charge is 0.232 e. The normalized spacial score (nSPS) is 12.3. The maximum Gasteiger partial charge on any atom is 0.232 e. The van der Waals surface area contributed by atoms with Crippen LogP contribution in [0.15, 0.2) is 42.5 Å². The third kappa shape index (κ3) is 6.49. The SMILES string of the molecule is COc1ccc(N(CCCC(=O)N[C@H](C)c2ccc(C)cc2C)S(C)(=O)=O)cc1. The average molecular weight is 419 g/mol. The molecule has 6 nitrogen and oxygen atoms in total. The molecule has 7 heteroatoms. The molecule has 1 atom stereocenters. The van der Waals surface area contributed by atoms with E-state index >= 15 is 0 Å². The Bertz CT molecular complexity index is 940. The number of methoxy groups -OCH3 is 1. The second-order valence-corrected chi connectivity index (χ2v) is 9.19. The molecule has 2 aromatic carbocycles. The van der Waals surface area contributed by atoms with Gasteiger partial charge in [-0.3, -0.25) is 9.10 Å². The van der Waals surface area contributed by atoms with Gasteiger partial charge in [-0.2, -0.15) is 0 Å². The third-order valence-electron chi connectivity index (χ3n) is 4.80. The molecule has 0 aliphatic carbocycles. The maximum atomic E-state index is 12.4. The van der Waals surface area contributed by atoms with Crippen molar-refractivity contribution in [2.75, 3.05) is 24.2 Å². The number of nitrogens with zero attached hydrogens (tertiary/aromatic N) is 1. The zero-order valence-corrected chi connectivity index (χ0v) is 18.5. The second kappa shape index (κ2) is 9.78. The third-order valence-corrected chi connectivity index (χ3v) is 5.99. The number of benzene rings is 2. The fourth-order valence-electron chi connectivity index (χ4n) is 3.32. The van der Waals surface area contributed by atoms with Crippen LogP contribution in [0.2, 0.25) is 0 Å². The van der Waals surface area contributed by atoms with Crippen molar-refractivity contribution in [3.63, 3.8) is 0 Å². The van der Waals surface area contributed by atoms with Crippen LogP contribution in [0.1, 0.15) is 42.5 Å². The van der Waals surface area contributed by atoms with Crippen LogP contribution >= 0.6 is 0 Å². The summed E-state index contributed by atoms with van der Waals surface area (Å²) in [5.41, 5.74) is 3.96. The van der Waals surface area contributed by atoms with E-state index in [1.165, 1.54) is 16.1 Å². The van der Waals surface area contributed by atoms with Crippen molar-refractivity contribution in [3.05, 3.63) is 59.2 Å². The van der Waals surface area contributed by atoms with E-state index in [-0.39, 0.29) is 24.9 Å². The number of carbonyl (C=O) groups excluding carboxylic acids is 1. The highest BCUT2D eigenvalue weighted by molar-refractivity contribution is 7.92. The molecule has 0 aliphatic heterocycles. The van der Waals surface area contributed by atoms with Crippen LogP contribution in [0, 0.1) is 13.8 Å². The van der Waals surface area contributed by atoms with Gasteiger partial charge in [-0.1, -0.05) is 23.8 Å². The molecule has 2 rings (SSSR count). The number of carbonyl (C=O) groups is 1. The van der Waals surface area contributed by atoms with Crippen LogP contribution in [0.3, 0.4) is 0 Å². The average Bonchev–Trinajstić information content (AvgIpc) is 2.64. The summed E-state index contributed by atoms with van der Waals surface area (Å²) < 4.78 is 30.8. The summed E-state index contributed by atoms with van der Waals surface area (Å²) >= 11 is 0. The molecule has 29 heavy (non-hydrogen) atoms. The molecule has 0 aromatic heterocycles. The van der Waals surface area contributed by atoms with Crippen LogP contribution in [0.4, 0.5) is 5.69 Å². The van der Waals surface area contributed by atoms with Gasteiger partial charge in [0.25, 0.3) is 0 Å². The number of rotatable bonds is 9. The molecule has 1 N–H and O–H groups in total. The number of hydrogen-bond donors (Lipinski definition) is 1. The van der Waals surface area contributed by atoms with E-state index in [0.717, 1.165) is 11.1 Å². The summed E-state index contributed by atoms with van der Waals surface area (Å²) in [4.78, 5) is 12.4. The van der Waals surface area contributed by atoms with Crippen LogP contribution in [-0.4, -0.2) is 34.2 Å². The van der Waals surface area contributed by atoms with Crippen molar-refractivity contribution in [1.82, 2.24) is 5.32 Å². The van der Waals surface area contributed by atoms with Gasteiger partial charge < -0.3 is 10.1 Å². The van der Waals surface area contributed by atoms with Gasteiger partial charge in [-0.15, -0.1) is 0 Å². The first-order chi connectivity index (χ1) is 13.6. The van der Waals surface area contributed by atoms with Gasteiger partial charge in [0.05, 0.1) is 25.1 Å². The van der Waals surface area contributed by atoms with Crippen molar-refractivity contribution in [3.8, 4) is 5.75 Å². The molecule has 0 bridgehead atoms. The van der Waals surface area contributed by atoms with Gasteiger partial charge in [-0.25, -0.2) is 8.42 Å². The van der Waals surface area contributed by atoms with Gasteiger partial charge in [0.1, 0.15) is 5.75 Å². The van der Waals surface area contributed by atoms with Crippen molar-refractivity contribution >= 4 is 21.6 Å². The van der Waals surface area contributed by atoms with Gasteiger partial charge in [-0.05, 0) is 62.6 Å². The van der Waals surface area contributed by atoms with Gasteiger partial charge in [0.2, 0.25) is 15.9 Å². The summed E-state index contributed by atoms with van der Waals surface area (Å²) in [6.45, 7) is 6.26. The van der Waals surface area contributed by atoms with E-state index in [9.17, 15) is 13.2 Å². The number of sulfonamides is 1. The lowest BCUT2D eigenvalue weighted by molar-refractivity contribution is -0.121. The highest BCUT2D eigenvalue weighted by Gasteiger charge is 2.18. The molecule has 158 valence electrons. The molecule has 0 saturated carbocycles. The van der Waals surface area contributed by atoms with Crippen molar-refractivity contribution in [2.45, 2.75) is 39.7 Å². The minimum absolute atomic E-state index is 0.0966. The lowest BCUT2D eigenvalue weighted by Crippen LogP contribution is -2.32. The molecular weight excluding hydrogens is 388 g/mol. The van der Waals surface area contributed by atoms with Crippen molar-refractivity contribution in [2.24, 2.45) is 0 Å². The maximum absolute atomic E-state index is 12.4. The van der Waals surface area contributed by atoms with E-state index in [4.69, 9.17) is 4.74 Å². The second-order valence-electron chi connectivity index (χ2n) is 7.29. The highest BCUT2D eigenvalue weighted by atomic mass is 32.2. The lowest BCUT2D eigenvalue weighted by Gasteiger charge is -2.23. The molecule has 2 aromatic rings. The van der Waals surface area contributed by atoms with Gasteiger partial charge >= 0.3 is 0 Å². The number of anilines is 1. The Hall–Kier alpha value is -2.54. The Morgan fingerprint density at radius 2 is 1.79 bits per heavy atom. The first kappa shape index (κ1) is 22.7. The largest absolute Gasteiger partial charge is 0.497 e. The van der Waals surface area contributed by atoms with Crippen molar-refractivity contribution in [1.29, 1.82) is 0 Å². The molecule has 1 amide bonds. The number of nitrogens with one attached hydrogen (secondary N) is 1. The Labute approximate surface area is 173 Å². The fourth-order valence-corrected chi connectivity index (χ4v) is 4.29. The lowest BCUT2D eigenvalue weighted by atomic mass is 10.00. The number of hydrogen-bond acceptors (Lipinski definition) is 4. The molecule has 0 aliphatic rings. The molecule has 0 saturated heterocycles. The summed E-state index contributed by atoms with van der Waals surface area (Å²) in [7, 11) is -1.89. The summed E-state index contributed by atoms with van der Waals surface area (Å²) in [6, 6.07) is 12.9. The van der Waals surface area contributed by atoms with Gasteiger partial charge in [0, 0.05) is 13.0 Å². The molecule has 0 heterocycles. The van der Waals surface area contributed by atoms with E-state index < -0.39 is 10.0 Å². The predicted molar refractivity (Wildman–Crippen MR) is 117 cm³/mol. The minimum atomic E-state index is -3.45. The Morgan fingerprint density at radius 1 is 1.14 bits per heavy atom. The number of amides is 1. The van der Waals surface area contributed by atoms with Crippen LogP contribution in [-0.2, 0) is 14.8 Å². The number of ether oxygens (including phenoxy) is 1. The molecular formula is C22H30N2O4S. The number of aryl methyl sites for hydroxylation is 2. The molecule has 0 fully saturated rings. The fraction of sp³-hybridized carbons (Fsp3) is 0.409. The van der Waals surface area contributed by atoms with Crippen LogP contribution in [0.5, 0.6) is 5.75 Å². The first-order valence-electron chi connectivity index (χ1n) is 9.60.